The summed E-state index contributed by atoms with van der Waals surface area (Å²) in [7, 11) is 0. The molecule has 0 aliphatic carbocycles. The van der Waals surface area contributed by atoms with Crippen LogP contribution in [0.25, 0.3) is 10.9 Å². The van der Waals surface area contributed by atoms with E-state index in [1.165, 1.54) is 0 Å². The number of benzene rings is 1. The minimum Gasteiger partial charge on any atom is -0.618 e. The van der Waals surface area contributed by atoms with E-state index in [-0.39, 0.29) is 5.91 Å². The summed E-state index contributed by atoms with van der Waals surface area (Å²) in [6.45, 7) is 6.81. The van der Waals surface area contributed by atoms with Crippen LogP contribution in [0.1, 0.15) is 19.0 Å². The topological polar surface area (TPSA) is 50.5 Å². The van der Waals surface area contributed by atoms with E-state index in [1.54, 1.807) is 6.08 Å². The third kappa shape index (κ3) is 3.07. The second-order valence-electron chi connectivity index (χ2n) is 6.11. The Kier molecular flexibility index (Phi) is 4.69. The highest BCUT2D eigenvalue weighted by molar-refractivity contribution is 5.90. The van der Waals surface area contributed by atoms with Gasteiger partial charge in [-0.25, -0.2) is 0 Å². The molecule has 0 spiro atoms. The van der Waals surface area contributed by atoms with Crippen molar-refractivity contribution in [2.45, 2.75) is 20.3 Å². The Morgan fingerprint density at radius 3 is 2.67 bits per heavy atom. The number of allylic oxidation sites excluding steroid dienone is 1. The number of rotatable bonds is 3. The summed E-state index contributed by atoms with van der Waals surface area (Å²) >= 11 is 0. The summed E-state index contributed by atoms with van der Waals surface area (Å²) in [5.74, 6) is 0.0861. The summed E-state index contributed by atoms with van der Waals surface area (Å²) in [5.41, 5.74) is 2.45. The fourth-order valence-corrected chi connectivity index (χ4v) is 3.15. The van der Waals surface area contributed by atoms with Crippen molar-refractivity contribution in [3.05, 3.63) is 53.4 Å². The lowest BCUT2D eigenvalue weighted by atomic mass is 10.1. The van der Waals surface area contributed by atoms with Crippen molar-refractivity contribution < 1.29 is 9.52 Å². The largest absolute Gasteiger partial charge is 0.618 e. The monoisotopic (exact) mass is 325 g/mol. The van der Waals surface area contributed by atoms with Gasteiger partial charge in [-0.3, -0.25) is 4.79 Å². The van der Waals surface area contributed by atoms with Crippen molar-refractivity contribution in [1.82, 2.24) is 4.90 Å². The average molecular weight is 325 g/mol. The van der Waals surface area contributed by atoms with E-state index in [0.29, 0.717) is 24.3 Å². The molecule has 5 nitrogen and oxygen atoms in total. The maximum absolute atomic E-state index is 12.2. The number of pyridine rings is 1. The lowest BCUT2D eigenvalue weighted by Crippen LogP contribution is -2.48. The number of aromatic nitrogens is 1. The Bertz CT molecular complexity index is 778. The number of fused-ring (bicyclic) bond motifs is 1. The number of carbonyl (C=O) groups is 1. The van der Waals surface area contributed by atoms with Crippen LogP contribution >= 0.6 is 0 Å². The van der Waals surface area contributed by atoms with E-state index < -0.39 is 0 Å². The molecule has 2 aromatic rings. The Balaban J connectivity index is 1.82. The summed E-state index contributed by atoms with van der Waals surface area (Å²) < 4.78 is 0.980. The van der Waals surface area contributed by atoms with E-state index in [1.807, 2.05) is 55.2 Å². The lowest BCUT2D eigenvalue weighted by molar-refractivity contribution is -0.584. The molecule has 0 N–H and O–H groups in total. The zero-order valence-corrected chi connectivity index (χ0v) is 14.2. The third-order valence-electron chi connectivity index (χ3n) is 4.49. The van der Waals surface area contributed by atoms with Gasteiger partial charge in [-0.2, -0.15) is 4.73 Å². The van der Waals surface area contributed by atoms with Crippen molar-refractivity contribution in [1.29, 1.82) is 0 Å². The van der Waals surface area contributed by atoms with Gasteiger partial charge in [-0.15, -0.1) is 0 Å². The van der Waals surface area contributed by atoms with Crippen molar-refractivity contribution in [3.63, 3.8) is 0 Å². The van der Waals surface area contributed by atoms with Crippen LogP contribution in [0.3, 0.4) is 0 Å². The van der Waals surface area contributed by atoms with Gasteiger partial charge in [-0.05, 0) is 18.6 Å². The fraction of sp³-hybridized carbons (Fsp3) is 0.368. The molecule has 0 bridgehead atoms. The predicted molar refractivity (Wildman–Crippen MR) is 95.9 cm³/mol. The molecule has 5 heteroatoms. The number of hydrogen-bond donors (Lipinski definition) is 0. The molecule has 1 saturated heterocycles. The molecule has 1 aliphatic rings. The van der Waals surface area contributed by atoms with Crippen molar-refractivity contribution in [2.75, 3.05) is 31.1 Å². The zero-order chi connectivity index (χ0) is 17.1. The molecule has 1 aliphatic heterocycles. The first-order valence-electron chi connectivity index (χ1n) is 8.44. The standard InChI is InChI=1S/C19H23N3O2/c1-3-4-9-19(23)21-12-10-20(11-13-21)18-14-15(2)22(24)17-8-6-5-7-16(17)18/h4-9,14H,3,10-13H2,1-2H3. The molecule has 0 saturated carbocycles. The van der Waals surface area contributed by atoms with Crippen LogP contribution in [0, 0.1) is 12.1 Å². The first-order valence-corrected chi connectivity index (χ1v) is 8.44. The quantitative estimate of drug-likeness (QED) is 0.495. The smallest absolute Gasteiger partial charge is 0.246 e. The summed E-state index contributed by atoms with van der Waals surface area (Å²) in [6, 6.07) is 9.63. The minimum atomic E-state index is 0.0861. The minimum absolute atomic E-state index is 0.0861. The summed E-state index contributed by atoms with van der Waals surface area (Å²) in [5, 5.41) is 13.2. The van der Waals surface area contributed by atoms with Gasteiger partial charge in [-0.1, -0.05) is 25.1 Å². The van der Waals surface area contributed by atoms with Crippen LogP contribution in [0.15, 0.2) is 42.5 Å². The second-order valence-corrected chi connectivity index (χ2v) is 6.11. The highest BCUT2D eigenvalue weighted by atomic mass is 16.5. The number of amides is 1. The third-order valence-corrected chi connectivity index (χ3v) is 4.49. The van der Waals surface area contributed by atoms with Crippen molar-refractivity contribution in [2.24, 2.45) is 0 Å². The number of para-hydroxylation sites is 1. The Morgan fingerprint density at radius 1 is 1.25 bits per heavy atom. The van der Waals surface area contributed by atoms with Crippen LogP contribution in [-0.2, 0) is 4.79 Å². The van der Waals surface area contributed by atoms with Crippen molar-refractivity contribution >= 4 is 22.5 Å². The van der Waals surface area contributed by atoms with Gasteiger partial charge in [0.1, 0.15) is 0 Å². The maximum Gasteiger partial charge on any atom is 0.246 e. The molecule has 1 amide bonds. The SMILES string of the molecule is CCC=CC(=O)N1CCN(c2cc(C)[n+]([O-])c3ccccc23)CC1. The van der Waals surface area contributed by atoms with Crippen LogP contribution in [-0.4, -0.2) is 37.0 Å². The van der Waals surface area contributed by atoms with Crippen LogP contribution in [0.4, 0.5) is 5.69 Å². The summed E-state index contributed by atoms with van der Waals surface area (Å²) in [6.07, 6.45) is 4.43. The Morgan fingerprint density at radius 2 is 1.96 bits per heavy atom. The number of nitrogens with zero attached hydrogens (tertiary/aromatic N) is 3. The van der Waals surface area contributed by atoms with Gasteiger partial charge in [0.2, 0.25) is 11.4 Å². The van der Waals surface area contributed by atoms with Gasteiger partial charge in [0, 0.05) is 45.2 Å². The number of carbonyl (C=O) groups excluding carboxylic acids is 1. The molecule has 1 fully saturated rings. The predicted octanol–water partition coefficient (Wildman–Crippen LogP) is 2.40. The van der Waals surface area contributed by atoms with E-state index in [4.69, 9.17) is 0 Å². The maximum atomic E-state index is 12.2. The molecule has 1 aromatic heterocycles. The van der Waals surface area contributed by atoms with Gasteiger partial charge >= 0.3 is 0 Å². The Hall–Kier alpha value is -2.56. The van der Waals surface area contributed by atoms with Crippen LogP contribution < -0.4 is 9.63 Å². The van der Waals surface area contributed by atoms with Gasteiger partial charge < -0.3 is 15.0 Å². The molecule has 0 unspecified atom stereocenters. The van der Waals surface area contributed by atoms with Gasteiger partial charge in [0.15, 0.2) is 5.69 Å². The summed E-state index contributed by atoms with van der Waals surface area (Å²) in [4.78, 5) is 16.2. The molecule has 126 valence electrons. The number of aryl methyl sites for hydroxylation is 1. The molecule has 0 atom stereocenters. The van der Waals surface area contributed by atoms with E-state index in [0.717, 1.165) is 35.3 Å². The number of hydrogen-bond acceptors (Lipinski definition) is 3. The van der Waals surface area contributed by atoms with Crippen LogP contribution in [0.5, 0.6) is 0 Å². The fourth-order valence-electron chi connectivity index (χ4n) is 3.15. The van der Waals surface area contributed by atoms with E-state index >= 15 is 0 Å². The first-order chi connectivity index (χ1) is 11.6. The molecular formula is C19H23N3O2. The molecular weight excluding hydrogens is 302 g/mol. The zero-order valence-electron chi connectivity index (χ0n) is 14.2. The van der Waals surface area contributed by atoms with E-state index in [9.17, 15) is 10.0 Å². The van der Waals surface area contributed by atoms with Crippen molar-refractivity contribution in [3.8, 4) is 0 Å². The molecule has 24 heavy (non-hydrogen) atoms. The number of piperazine rings is 1. The van der Waals surface area contributed by atoms with Gasteiger partial charge in [0.25, 0.3) is 0 Å². The van der Waals surface area contributed by atoms with Gasteiger partial charge in [0.05, 0.1) is 11.1 Å². The molecule has 2 heterocycles. The highest BCUT2D eigenvalue weighted by Gasteiger charge is 2.23. The molecule has 1 aromatic carbocycles. The molecule has 0 radical (unpaired) electrons. The second kappa shape index (κ2) is 6.91. The lowest BCUT2D eigenvalue weighted by Gasteiger charge is -2.36. The normalized spacial score (nSPS) is 15.4. The van der Waals surface area contributed by atoms with Crippen LogP contribution in [0.2, 0.25) is 0 Å². The Labute approximate surface area is 142 Å². The average Bonchev–Trinajstić information content (AvgIpc) is 2.63. The number of anilines is 1. The van der Waals surface area contributed by atoms with E-state index in [2.05, 4.69) is 4.90 Å². The highest BCUT2D eigenvalue weighted by Crippen LogP contribution is 2.26. The first kappa shape index (κ1) is 16.3. The molecule has 3 rings (SSSR count).